The van der Waals surface area contributed by atoms with Gasteiger partial charge < -0.3 is 19.5 Å². The highest BCUT2D eigenvalue weighted by molar-refractivity contribution is 6.06. The minimum absolute atomic E-state index is 0.0312. The quantitative estimate of drug-likeness (QED) is 0.538. The van der Waals surface area contributed by atoms with Crippen molar-refractivity contribution in [1.29, 1.82) is 0 Å². The van der Waals surface area contributed by atoms with Gasteiger partial charge in [0.25, 0.3) is 5.91 Å². The normalized spacial score (nSPS) is 10.8. The van der Waals surface area contributed by atoms with E-state index in [9.17, 15) is 9.59 Å². The number of ether oxygens (including phenoxy) is 3. The zero-order valence-corrected chi connectivity index (χ0v) is 16.2. The van der Waals surface area contributed by atoms with Gasteiger partial charge in [-0.1, -0.05) is 6.07 Å². The van der Waals surface area contributed by atoms with Crippen LogP contribution >= 0.6 is 0 Å². The van der Waals surface area contributed by atoms with Gasteiger partial charge in [-0.05, 0) is 37.3 Å². The van der Waals surface area contributed by atoms with Crippen molar-refractivity contribution in [2.75, 3.05) is 26.6 Å². The van der Waals surface area contributed by atoms with Crippen LogP contribution in [0.2, 0.25) is 0 Å². The first kappa shape index (κ1) is 20.8. The molecule has 8 nitrogen and oxygen atoms in total. The molecule has 8 heteroatoms. The molecule has 0 aliphatic heterocycles. The number of rotatable bonds is 8. The third-order valence-electron chi connectivity index (χ3n) is 3.76. The maximum absolute atomic E-state index is 12.2. The molecule has 0 aliphatic rings. The fourth-order valence-corrected chi connectivity index (χ4v) is 2.37. The molecule has 0 fully saturated rings. The number of nitrogens with zero attached hydrogens (tertiary/aromatic N) is 1. The molecule has 0 radical (unpaired) electrons. The molecule has 28 heavy (non-hydrogen) atoms. The maximum atomic E-state index is 12.2. The molecular formula is C20H23N3O5. The van der Waals surface area contributed by atoms with E-state index in [0.717, 1.165) is 0 Å². The van der Waals surface area contributed by atoms with Gasteiger partial charge in [0.05, 0.1) is 27.8 Å². The molecule has 2 aromatic carbocycles. The molecule has 0 saturated carbocycles. The van der Waals surface area contributed by atoms with Crippen LogP contribution in [0.3, 0.4) is 0 Å². The maximum Gasteiger partial charge on any atom is 0.271 e. The predicted molar refractivity (Wildman–Crippen MR) is 106 cm³/mol. The molecule has 2 N–H and O–H groups in total. The Labute approximate surface area is 163 Å². The van der Waals surface area contributed by atoms with E-state index < -0.39 is 5.91 Å². The Balaban J connectivity index is 1.94. The fraction of sp³-hybridized carbons (Fsp3) is 0.250. The van der Waals surface area contributed by atoms with Crippen LogP contribution in [0.25, 0.3) is 0 Å². The lowest BCUT2D eigenvalue weighted by molar-refractivity contribution is -0.115. The Bertz CT molecular complexity index is 880. The lowest BCUT2D eigenvalue weighted by Crippen LogP contribution is -2.21. The fourth-order valence-electron chi connectivity index (χ4n) is 2.37. The number of methoxy groups -OCH3 is 3. The molecule has 0 saturated heterocycles. The number of carbonyl (C=O) groups is 2. The van der Waals surface area contributed by atoms with Crippen molar-refractivity contribution in [1.82, 2.24) is 5.43 Å². The third-order valence-corrected chi connectivity index (χ3v) is 3.76. The molecule has 148 valence electrons. The highest BCUT2D eigenvalue weighted by Crippen LogP contribution is 2.27. The average Bonchev–Trinajstić information content (AvgIpc) is 2.71. The summed E-state index contributed by atoms with van der Waals surface area (Å²) < 4.78 is 15.4. The van der Waals surface area contributed by atoms with Crippen LogP contribution in [0, 0.1) is 0 Å². The Kier molecular flexibility index (Phi) is 7.38. The standard InChI is InChI=1S/C20H23N3O5/c1-13(10-19(24)21-15-6-5-7-16(12-15)26-2)22-23-20(25)14-8-9-17(27-3)18(11-14)28-4/h5-9,11-12H,10H2,1-4H3,(H,21,24)(H,23,25)/b22-13+. The Morgan fingerprint density at radius 2 is 1.71 bits per heavy atom. The third kappa shape index (κ3) is 5.73. The Morgan fingerprint density at radius 3 is 2.39 bits per heavy atom. The van der Waals surface area contributed by atoms with E-state index >= 15 is 0 Å². The summed E-state index contributed by atoms with van der Waals surface area (Å²) in [7, 11) is 4.56. The minimum Gasteiger partial charge on any atom is -0.497 e. The number of hydrogen-bond donors (Lipinski definition) is 2. The SMILES string of the molecule is COc1cccc(NC(=O)C/C(C)=N/NC(=O)c2ccc(OC)c(OC)c2)c1. The predicted octanol–water partition coefficient (Wildman–Crippen LogP) is 2.85. The molecule has 0 spiro atoms. The van der Waals surface area contributed by atoms with E-state index in [2.05, 4.69) is 15.8 Å². The molecule has 2 rings (SSSR count). The highest BCUT2D eigenvalue weighted by atomic mass is 16.5. The van der Waals surface area contributed by atoms with Gasteiger partial charge in [0.1, 0.15) is 5.75 Å². The number of nitrogens with one attached hydrogen (secondary N) is 2. The van der Waals surface area contributed by atoms with Crippen LogP contribution < -0.4 is 25.0 Å². The van der Waals surface area contributed by atoms with E-state index in [1.165, 1.54) is 14.2 Å². The second-order valence-corrected chi connectivity index (χ2v) is 5.81. The van der Waals surface area contributed by atoms with Crippen LogP contribution in [0.5, 0.6) is 17.2 Å². The van der Waals surface area contributed by atoms with Crippen molar-refractivity contribution in [3.8, 4) is 17.2 Å². The van der Waals surface area contributed by atoms with Crippen molar-refractivity contribution in [3.05, 3.63) is 48.0 Å². The van der Waals surface area contributed by atoms with E-state index in [1.54, 1.807) is 56.5 Å². The number of amides is 2. The molecule has 0 heterocycles. The largest absolute Gasteiger partial charge is 0.497 e. The molecule has 0 aromatic heterocycles. The summed E-state index contributed by atoms with van der Waals surface area (Å²) in [5, 5.41) is 6.73. The zero-order chi connectivity index (χ0) is 20.5. The summed E-state index contributed by atoms with van der Waals surface area (Å²) in [6, 6.07) is 11.8. The minimum atomic E-state index is -0.423. The van der Waals surface area contributed by atoms with Gasteiger partial charge in [-0.2, -0.15) is 5.10 Å². The van der Waals surface area contributed by atoms with Gasteiger partial charge in [-0.25, -0.2) is 5.43 Å². The number of hydrogen-bond acceptors (Lipinski definition) is 6. The average molecular weight is 385 g/mol. The molecule has 0 bridgehead atoms. The molecule has 0 atom stereocenters. The Hall–Kier alpha value is -3.55. The van der Waals surface area contributed by atoms with Crippen molar-refractivity contribution in [2.24, 2.45) is 5.10 Å². The van der Waals surface area contributed by atoms with Crippen molar-refractivity contribution >= 4 is 23.2 Å². The van der Waals surface area contributed by atoms with Gasteiger partial charge in [0.2, 0.25) is 5.91 Å². The topological polar surface area (TPSA) is 98.2 Å². The second-order valence-electron chi connectivity index (χ2n) is 5.81. The molecule has 0 unspecified atom stereocenters. The lowest BCUT2D eigenvalue weighted by Gasteiger charge is -2.09. The second kappa shape index (κ2) is 9.96. The van der Waals surface area contributed by atoms with Crippen molar-refractivity contribution < 1.29 is 23.8 Å². The molecular weight excluding hydrogens is 362 g/mol. The van der Waals surface area contributed by atoms with Crippen molar-refractivity contribution in [3.63, 3.8) is 0 Å². The summed E-state index contributed by atoms with van der Waals surface area (Å²) in [6.07, 6.45) is 0.0312. The van der Waals surface area contributed by atoms with Crippen LogP contribution in [0.1, 0.15) is 23.7 Å². The zero-order valence-electron chi connectivity index (χ0n) is 16.2. The summed E-state index contributed by atoms with van der Waals surface area (Å²) in [5.74, 6) is 0.926. The molecule has 2 aromatic rings. The van der Waals surface area contributed by atoms with Gasteiger partial charge in [-0.15, -0.1) is 0 Å². The van der Waals surface area contributed by atoms with Crippen LogP contribution in [-0.4, -0.2) is 38.9 Å². The van der Waals surface area contributed by atoms with E-state index in [4.69, 9.17) is 14.2 Å². The number of carbonyl (C=O) groups excluding carboxylic acids is 2. The van der Waals surface area contributed by atoms with Crippen LogP contribution in [-0.2, 0) is 4.79 Å². The van der Waals surface area contributed by atoms with Crippen LogP contribution in [0.15, 0.2) is 47.6 Å². The smallest absolute Gasteiger partial charge is 0.271 e. The summed E-state index contributed by atoms with van der Waals surface area (Å²) in [5.41, 5.74) is 3.85. The summed E-state index contributed by atoms with van der Waals surface area (Å²) >= 11 is 0. The monoisotopic (exact) mass is 385 g/mol. The lowest BCUT2D eigenvalue weighted by atomic mass is 10.2. The van der Waals surface area contributed by atoms with Crippen LogP contribution in [0.4, 0.5) is 5.69 Å². The van der Waals surface area contributed by atoms with Crippen molar-refractivity contribution in [2.45, 2.75) is 13.3 Å². The first-order chi connectivity index (χ1) is 13.5. The highest BCUT2D eigenvalue weighted by Gasteiger charge is 2.11. The van der Waals surface area contributed by atoms with E-state index in [-0.39, 0.29) is 12.3 Å². The molecule has 2 amide bonds. The number of benzene rings is 2. The van der Waals surface area contributed by atoms with Gasteiger partial charge in [0.15, 0.2) is 11.5 Å². The summed E-state index contributed by atoms with van der Waals surface area (Å²) in [4.78, 5) is 24.4. The van der Waals surface area contributed by atoms with Gasteiger partial charge in [0, 0.05) is 23.0 Å². The first-order valence-corrected chi connectivity index (χ1v) is 8.46. The van der Waals surface area contributed by atoms with Gasteiger partial charge >= 0.3 is 0 Å². The number of anilines is 1. The first-order valence-electron chi connectivity index (χ1n) is 8.46. The van der Waals surface area contributed by atoms with E-state index in [1.807, 2.05) is 0 Å². The summed E-state index contributed by atoms with van der Waals surface area (Å²) in [6.45, 7) is 1.65. The van der Waals surface area contributed by atoms with Gasteiger partial charge in [-0.3, -0.25) is 9.59 Å². The molecule has 0 aliphatic carbocycles. The Morgan fingerprint density at radius 1 is 0.964 bits per heavy atom. The number of hydrazone groups is 1. The van der Waals surface area contributed by atoms with E-state index in [0.29, 0.717) is 34.2 Å².